The van der Waals surface area contributed by atoms with Crippen LogP contribution >= 0.6 is 0 Å². The zero-order valence-electron chi connectivity index (χ0n) is 9.84. The van der Waals surface area contributed by atoms with Crippen molar-refractivity contribution in [2.75, 3.05) is 4.72 Å². The first kappa shape index (κ1) is 12.4. The van der Waals surface area contributed by atoms with E-state index in [9.17, 15) is 8.42 Å². The van der Waals surface area contributed by atoms with Gasteiger partial charge in [0.25, 0.3) is 10.0 Å². The molecular formula is C11H12N2O4S. The molecule has 0 aliphatic carbocycles. The number of sulfonamides is 1. The molecule has 1 aromatic carbocycles. The molecule has 0 fully saturated rings. The summed E-state index contributed by atoms with van der Waals surface area (Å²) in [5, 5.41) is 12.7. The Morgan fingerprint density at radius 1 is 1.22 bits per heavy atom. The molecule has 1 heterocycles. The van der Waals surface area contributed by atoms with E-state index in [4.69, 9.17) is 9.63 Å². The van der Waals surface area contributed by atoms with Crippen LogP contribution in [-0.4, -0.2) is 18.7 Å². The summed E-state index contributed by atoms with van der Waals surface area (Å²) in [5.41, 5.74) is 0.659. The van der Waals surface area contributed by atoms with E-state index in [2.05, 4.69) is 9.88 Å². The van der Waals surface area contributed by atoms with Crippen LogP contribution in [0.15, 0.2) is 33.7 Å². The van der Waals surface area contributed by atoms with Gasteiger partial charge in [0.2, 0.25) is 0 Å². The summed E-state index contributed by atoms with van der Waals surface area (Å²) in [6, 6.07) is 5.71. The highest BCUT2D eigenvalue weighted by atomic mass is 32.2. The van der Waals surface area contributed by atoms with Gasteiger partial charge in [-0.25, -0.2) is 8.42 Å². The third-order valence-electron chi connectivity index (χ3n) is 2.36. The Morgan fingerprint density at radius 2 is 1.83 bits per heavy atom. The molecule has 1 aromatic heterocycles. The highest BCUT2D eigenvalue weighted by molar-refractivity contribution is 7.92. The van der Waals surface area contributed by atoms with E-state index in [-0.39, 0.29) is 16.4 Å². The summed E-state index contributed by atoms with van der Waals surface area (Å²) in [4.78, 5) is 0.0376. The molecule has 0 unspecified atom stereocenters. The SMILES string of the molecule is Cc1noc(C)c1S(=O)(=O)Nc1ccc(O)cc1. The van der Waals surface area contributed by atoms with E-state index in [0.717, 1.165) is 0 Å². The maximum Gasteiger partial charge on any atom is 0.267 e. The van der Waals surface area contributed by atoms with Gasteiger partial charge in [-0.05, 0) is 38.1 Å². The fourth-order valence-electron chi connectivity index (χ4n) is 1.59. The summed E-state index contributed by atoms with van der Waals surface area (Å²) < 4.78 is 31.5. The van der Waals surface area contributed by atoms with Crippen LogP contribution in [0, 0.1) is 13.8 Å². The second-order valence-corrected chi connectivity index (χ2v) is 5.42. The third kappa shape index (κ3) is 2.30. The Morgan fingerprint density at radius 3 is 2.33 bits per heavy atom. The van der Waals surface area contributed by atoms with Crippen molar-refractivity contribution in [3.05, 3.63) is 35.7 Å². The van der Waals surface area contributed by atoms with Gasteiger partial charge in [-0.15, -0.1) is 0 Å². The van der Waals surface area contributed by atoms with Crippen molar-refractivity contribution in [2.24, 2.45) is 0 Å². The number of nitrogens with zero attached hydrogens (tertiary/aromatic N) is 1. The predicted molar refractivity (Wildman–Crippen MR) is 64.9 cm³/mol. The summed E-state index contributed by atoms with van der Waals surface area (Å²) in [7, 11) is -3.73. The number of anilines is 1. The number of aryl methyl sites for hydroxylation is 2. The Hall–Kier alpha value is -2.02. The minimum Gasteiger partial charge on any atom is -0.508 e. The Bertz CT molecular complexity index is 639. The maximum absolute atomic E-state index is 12.1. The number of hydrogen-bond acceptors (Lipinski definition) is 5. The summed E-state index contributed by atoms with van der Waals surface area (Å²) >= 11 is 0. The Balaban J connectivity index is 2.36. The monoisotopic (exact) mass is 268 g/mol. The van der Waals surface area contributed by atoms with Gasteiger partial charge in [0.15, 0.2) is 10.7 Å². The highest BCUT2D eigenvalue weighted by Gasteiger charge is 2.24. The first-order valence-corrected chi connectivity index (χ1v) is 6.63. The van der Waals surface area contributed by atoms with Crippen molar-refractivity contribution in [1.82, 2.24) is 5.16 Å². The lowest BCUT2D eigenvalue weighted by molar-refractivity contribution is 0.390. The van der Waals surface area contributed by atoms with Gasteiger partial charge in [-0.2, -0.15) is 0 Å². The number of nitrogens with one attached hydrogen (secondary N) is 1. The van der Waals surface area contributed by atoms with Gasteiger partial charge in [-0.3, -0.25) is 4.72 Å². The molecular weight excluding hydrogens is 256 g/mol. The normalized spacial score (nSPS) is 11.4. The lowest BCUT2D eigenvalue weighted by atomic mass is 10.3. The van der Waals surface area contributed by atoms with Gasteiger partial charge in [-0.1, -0.05) is 5.16 Å². The van der Waals surface area contributed by atoms with Crippen molar-refractivity contribution in [2.45, 2.75) is 18.7 Å². The fraction of sp³-hybridized carbons (Fsp3) is 0.182. The second-order valence-electron chi connectivity index (χ2n) is 3.81. The first-order chi connectivity index (χ1) is 8.40. The predicted octanol–water partition coefficient (Wildman–Crippen LogP) is 1.80. The van der Waals surface area contributed by atoms with Crippen molar-refractivity contribution >= 4 is 15.7 Å². The standard InChI is InChI=1S/C11H12N2O4S/c1-7-11(8(2)17-12-7)18(15,16)13-9-3-5-10(14)6-4-9/h3-6,13-14H,1-2H3. The molecule has 2 rings (SSSR count). The zero-order chi connectivity index (χ0) is 13.3. The van der Waals surface area contributed by atoms with Crippen molar-refractivity contribution in [3.8, 4) is 5.75 Å². The molecule has 6 nitrogen and oxygen atoms in total. The minimum atomic E-state index is -3.73. The second kappa shape index (κ2) is 4.34. The van der Waals surface area contributed by atoms with E-state index in [1.165, 1.54) is 31.2 Å². The average molecular weight is 268 g/mol. The lowest BCUT2D eigenvalue weighted by Gasteiger charge is -2.07. The quantitative estimate of drug-likeness (QED) is 0.828. The highest BCUT2D eigenvalue weighted by Crippen LogP contribution is 2.23. The zero-order valence-corrected chi connectivity index (χ0v) is 10.7. The maximum atomic E-state index is 12.1. The van der Waals surface area contributed by atoms with Crippen LogP contribution in [0.5, 0.6) is 5.75 Å². The third-order valence-corrected chi connectivity index (χ3v) is 3.98. The van der Waals surface area contributed by atoms with Crippen LogP contribution in [0.25, 0.3) is 0 Å². The molecule has 0 spiro atoms. The van der Waals surface area contributed by atoms with E-state index in [1.54, 1.807) is 6.92 Å². The van der Waals surface area contributed by atoms with E-state index in [1.807, 2.05) is 0 Å². The molecule has 0 atom stereocenters. The first-order valence-electron chi connectivity index (χ1n) is 5.15. The number of aromatic nitrogens is 1. The van der Waals surface area contributed by atoms with Crippen LogP contribution in [0.1, 0.15) is 11.5 Å². The molecule has 18 heavy (non-hydrogen) atoms. The largest absolute Gasteiger partial charge is 0.508 e. The molecule has 96 valence electrons. The van der Waals surface area contributed by atoms with Gasteiger partial charge < -0.3 is 9.63 Å². The fourth-order valence-corrected chi connectivity index (χ4v) is 2.98. The molecule has 2 N–H and O–H groups in total. The molecule has 0 saturated heterocycles. The van der Waals surface area contributed by atoms with Crippen LogP contribution in [0.2, 0.25) is 0 Å². The topological polar surface area (TPSA) is 92.4 Å². The van der Waals surface area contributed by atoms with Crippen molar-refractivity contribution < 1.29 is 18.0 Å². The van der Waals surface area contributed by atoms with Gasteiger partial charge >= 0.3 is 0 Å². The summed E-state index contributed by atoms with van der Waals surface area (Å²) in [5.74, 6) is 0.300. The summed E-state index contributed by atoms with van der Waals surface area (Å²) in [6.45, 7) is 3.09. The van der Waals surface area contributed by atoms with E-state index in [0.29, 0.717) is 11.4 Å². The van der Waals surface area contributed by atoms with Crippen molar-refractivity contribution in [1.29, 1.82) is 0 Å². The number of benzene rings is 1. The van der Waals surface area contributed by atoms with Crippen LogP contribution < -0.4 is 4.72 Å². The lowest BCUT2D eigenvalue weighted by Crippen LogP contribution is -2.14. The van der Waals surface area contributed by atoms with Crippen LogP contribution in [0.4, 0.5) is 5.69 Å². The minimum absolute atomic E-state index is 0.0376. The number of rotatable bonds is 3. The Labute approximate surface area is 104 Å². The Kier molecular flexibility index (Phi) is 3.00. The van der Waals surface area contributed by atoms with E-state index >= 15 is 0 Å². The summed E-state index contributed by atoms with van der Waals surface area (Å²) in [6.07, 6.45) is 0. The van der Waals surface area contributed by atoms with Gasteiger partial charge in [0.05, 0.1) is 0 Å². The number of phenols is 1. The van der Waals surface area contributed by atoms with E-state index < -0.39 is 10.0 Å². The molecule has 0 amide bonds. The molecule has 0 aliphatic heterocycles. The molecule has 0 bridgehead atoms. The molecule has 7 heteroatoms. The number of phenolic OH excluding ortho intramolecular Hbond substituents is 1. The van der Waals surface area contributed by atoms with Crippen molar-refractivity contribution in [3.63, 3.8) is 0 Å². The molecule has 2 aromatic rings. The molecule has 0 radical (unpaired) electrons. The van der Waals surface area contributed by atoms with Crippen LogP contribution in [-0.2, 0) is 10.0 Å². The molecule has 0 aliphatic rings. The average Bonchev–Trinajstić information content (AvgIpc) is 2.62. The smallest absolute Gasteiger partial charge is 0.267 e. The molecule has 0 saturated carbocycles. The van der Waals surface area contributed by atoms with Gasteiger partial charge in [0, 0.05) is 5.69 Å². The van der Waals surface area contributed by atoms with Crippen LogP contribution in [0.3, 0.4) is 0 Å². The number of aromatic hydroxyl groups is 1. The number of hydrogen-bond donors (Lipinski definition) is 2. The van der Waals surface area contributed by atoms with Gasteiger partial charge in [0.1, 0.15) is 11.4 Å².